The van der Waals surface area contributed by atoms with Crippen molar-refractivity contribution in [3.63, 3.8) is 0 Å². The van der Waals surface area contributed by atoms with E-state index in [-0.39, 0.29) is 11.6 Å². The van der Waals surface area contributed by atoms with Gasteiger partial charge in [-0.1, -0.05) is 19.3 Å². The number of aliphatic hydroxyl groups excluding tert-OH is 1. The molecule has 0 aromatic rings. The molecule has 2 nitrogen and oxygen atoms in total. The zero-order valence-corrected chi connectivity index (χ0v) is 8.55. The third kappa shape index (κ3) is 1.50. The Kier molecular flexibility index (Phi) is 2.61. The van der Waals surface area contributed by atoms with Gasteiger partial charge in [-0.25, -0.2) is 0 Å². The van der Waals surface area contributed by atoms with Crippen LogP contribution in [0, 0.1) is 5.92 Å². The highest BCUT2D eigenvalue weighted by molar-refractivity contribution is 5.01. The van der Waals surface area contributed by atoms with Gasteiger partial charge in [0.05, 0.1) is 6.10 Å². The molecule has 0 aromatic carbocycles. The van der Waals surface area contributed by atoms with E-state index in [1.165, 1.54) is 38.5 Å². The summed E-state index contributed by atoms with van der Waals surface area (Å²) in [5.74, 6) is 0.528. The molecule has 2 N–H and O–H groups in total. The first-order valence-electron chi connectivity index (χ1n) is 5.65. The molecule has 0 aromatic heterocycles. The lowest BCUT2D eigenvalue weighted by molar-refractivity contribution is 0.0709. The summed E-state index contributed by atoms with van der Waals surface area (Å²) < 4.78 is 0. The molecule has 2 aliphatic carbocycles. The molecule has 2 aliphatic rings. The second-order valence-corrected chi connectivity index (χ2v) is 4.72. The van der Waals surface area contributed by atoms with E-state index < -0.39 is 0 Å². The molecule has 0 heterocycles. The Labute approximate surface area is 80.7 Å². The molecule has 2 saturated carbocycles. The minimum absolute atomic E-state index is 0.0365. The van der Waals surface area contributed by atoms with Gasteiger partial charge in [-0.2, -0.15) is 0 Å². The Hall–Kier alpha value is -0.0800. The molecule has 0 bridgehead atoms. The Morgan fingerprint density at radius 3 is 2.31 bits per heavy atom. The minimum Gasteiger partial charge on any atom is -0.393 e. The van der Waals surface area contributed by atoms with Gasteiger partial charge in [0, 0.05) is 11.5 Å². The lowest BCUT2D eigenvalue weighted by Crippen LogP contribution is -2.49. The smallest absolute Gasteiger partial charge is 0.0586 e. The van der Waals surface area contributed by atoms with Gasteiger partial charge in [0.15, 0.2) is 0 Å². The highest BCUT2D eigenvalue weighted by Gasteiger charge is 2.44. The third-order valence-electron chi connectivity index (χ3n) is 4.18. The van der Waals surface area contributed by atoms with Gasteiger partial charge in [-0.05, 0) is 32.7 Å². The van der Waals surface area contributed by atoms with Crippen molar-refractivity contribution in [2.45, 2.75) is 56.6 Å². The van der Waals surface area contributed by atoms with Gasteiger partial charge in [-0.15, -0.1) is 0 Å². The van der Waals surface area contributed by atoms with Crippen molar-refractivity contribution in [1.82, 2.24) is 5.32 Å². The predicted octanol–water partition coefficient (Wildman–Crippen LogP) is 1.68. The zero-order valence-electron chi connectivity index (χ0n) is 8.55. The van der Waals surface area contributed by atoms with E-state index in [2.05, 4.69) is 12.4 Å². The Morgan fingerprint density at radius 1 is 1.15 bits per heavy atom. The van der Waals surface area contributed by atoms with Crippen LogP contribution >= 0.6 is 0 Å². The predicted molar refractivity (Wildman–Crippen MR) is 53.6 cm³/mol. The van der Waals surface area contributed by atoms with Crippen LogP contribution in [0.4, 0.5) is 0 Å². The fourth-order valence-electron chi connectivity index (χ4n) is 3.40. The van der Waals surface area contributed by atoms with E-state index in [9.17, 15) is 5.11 Å². The third-order valence-corrected chi connectivity index (χ3v) is 4.18. The first-order valence-corrected chi connectivity index (χ1v) is 5.65. The van der Waals surface area contributed by atoms with Crippen LogP contribution in [0.3, 0.4) is 0 Å². The van der Waals surface area contributed by atoms with Crippen LogP contribution in [0.2, 0.25) is 0 Å². The summed E-state index contributed by atoms with van der Waals surface area (Å²) in [6, 6.07) is 0. The molecule has 13 heavy (non-hydrogen) atoms. The number of hydrogen-bond donors (Lipinski definition) is 2. The molecule has 0 aliphatic heterocycles. The second-order valence-electron chi connectivity index (χ2n) is 4.72. The summed E-state index contributed by atoms with van der Waals surface area (Å²) in [5.41, 5.74) is 0.288. The minimum atomic E-state index is -0.0365. The molecule has 2 unspecified atom stereocenters. The van der Waals surface area contributed by atoms with Crippen LogP contribution in [0.1, 0.15) is 44.9 Å². The maximum Gasteiger partial charge on any atom is 0.0586 e. The molecule has 76 valence electrons. The summed E-state index contributed by atoms with van der Waals surface area (Å²) >= 11 is 0. The van der Waals surface area contributed by atoms with E-state index in [0.717, 1.165) is 6.42 Å². The Morgan fingerprint density at radius 2 is 1.85 bits per heavy atom. The summed E-state index contributed by atoms with van der Waals surface area (Å²) in [7, 11) is 2.07. The van der Waals surface area contributed by atoms with Crippen molar-refractivity contribution in [3.8, 4) is 0 Å². The van der Waals surface area contributed by atoms with Crippen molar-refractivity contribution in [2.75, 3.05) is 7.05 Å². The zero-order chi connectivity index (χ0) is 9.31. The van der Waals surface area contributed by atoms with Crippen molar-refractivity contribution < 1.29 is 5.11 Å². The van der Waals surface area contributed by atoms with Crippen molar-refractivity contribution in [2.24, 2.45) is 5.92 Å². The molecule has 2 heteroatoms. The van der Waals surface area contributed by atoms with Crippen LogP contribution in [0.5, 0.6) is 0 Å². The highest BCUT2D eigenvalue weighted by Crippen LogP contribution is 2.43. The molecular weight excluding hydrogens is 162 g/mol. The quantitative estimate of drug-likeness (QED) is 0.682. The van der Waals surface area contributed by atoms with E-state index in [0.29, 0.717) is 5.92 Å². The van der Waals surface area contributed by atoms with E-state index in [4.69, 9.17) is 0 Å². The highest BCUT2D eigenvalue weighted by atomic mass is 16.3. The van der Waals surface area contributed by atoms with E-state index >= 15 is 0 Å². The molecule has 2 fully saturated rings. The maximum atomic E-state index is 9.91. The molecule has 2 atom stereocenters. The average molecular weight is 183 g/mol. The standard InChI is InChI=1S/C11H21NO/c1-12-11(7-2-3-8-11)9-5-4-6-10(9)13/h9-10,12-13H,2-8H2,1H3. The van der Waals surface area contributed by atoms with Crippen LogP contribution < -0.4 is 5.32 Å². The topological polar surface area (TPSA) is 32.3 Å². The molecule has 0 saturated heterocycles. The first kappa shape index (κ1) is 9.47. The molecule has 0 spiro atoms. The summed E-state index contributed by atoms with van der Waals surface area (Å²) in [4.78, 5) is 0. The van der Waals surface area contributed by atoms with Crippen LogP contribution in [0.25, 0.3) is 0 Å². The van der Waals surface area contributed by atoms with Crippen LogP contribution in [0.15, 0.2) is 0 Å². The van der Waals surface area contributed by atoms with Gasteiger partial charge < -0.3 is 10.4 Å². The SMILES string of the molecule is CNC1(C2CCCC2O)CCCC1. The largest absolute Gasteiger partial charge is 0.393 e. The molecular formula is C11H21NO. The number of hydrogen-bond acceptors (Lipinski definition) is 2. The average Bonchev–Trinajstić information content (AvgIpc) is 2.73. The Balaban J connectivity index is 2.10. The first-order chi connectivity index (χ1) is 6.28. The van der Waals surface area contributed by atoms with Crippen LogP contribution in [-0.2, 0) is 0 Å². The van der Waals surface area contributed by atoms with Crippen molar-refractivity contribution >= 4 is 0 Å². The van der Waals surface area contributed by atoms with Gasteiger partial charge in [-0.3, -0.25) is 0 Å². The summed E-state index contributed by atoms with van der Waals surface area (Å²) in [6.07, 6.45) is 8.64. The number of aliphatic hydroxyl groups is 1. The molecule has 0 radical (unpaired) electrons. The maximum absolute atomic E-state index is 9.91. The van der Waals surface area contributed by atoms with E-state index in [1.807, 2.05) is 0 Å². The van der Waals surface area contributed by atoms with Gasteiger partial charge >= 0.3 is 0 Å². The lowest BCUT2D eigenvalue weighted by atomic mass is 9.80. The Bertz CT molecular complexity index is 175. The molecule has 2 rings (SSSR count). The van der Waals surface area contributed by atoms with Gasteiger partial charge in [0.25, 0.3) is 0 Å². The normalized spacial score (nSPS) is 38.3. The summed E-state index contributed by atoms with van der Waals surface area (Å²) in [5, 5.41) is 13.4. The number of rotatable bonds is 2. The monoisotopic (exact) mass is 183 g/mol. The fraction of sp³-hybridized carbons (Fsp3) is 1.00. The van der Waals surface area contributed by atoms with Crippen molar-refractivity contribution in [3.05, 3.63) is 0 Å². The number of nitrogens with one attached hydrogen (secondary N) is 1. The fourth-order valence-corrected chi connectivity index (χ4v) is 3.40. The van der Waals surface area contributed by atoms with E-state index in [1.54, 1.807) is 0 Å². The molecule has 0 amide bonds. The van der Waals surface area contributed by atoms with Gasteiger partial charge in [0.1, 0.15) is 0 Å². The second kappa shape index (κ2) is 3.58. The summed E-state index contributed by atoms with van der Waals surface area (Å²) in [6.45, 7) is 0. The lowest BCUT2D eigenvalue weighted by Gasteiger charge is -2.37. The van der Waals surface area contributed by atoms with Crippen molar-refractivity contribution in [1.29, 1.82) is 0 Å². The van der Waals surface area contributed by atoms with Gasteiger partial charge in [0.2, 0.25) is 0 Å². The van der Waals surface area contributed by atoms with Crippen LogP contribution in [-0.4, -0.2) is 23.8 Å².